The van der Waals surface area contributed by atoms with Gasteiger partial charge in [-0.1, -0.05) is 0 Å². The molecule has 2 nitrogen and oxygen atoms in total. The summed E-state index contributed by atoms with van der Waals surface area (Å²) in [6.07, 6.45) is -3.80. The quantitative estimate of drug-likeness (QED) is 0.433. The van der Waals surface area contributed by atoms with Gasteiger partial charge in [-0.05, 0) is 13.8 Å². The van der Waals surface area contributed by atoms with Crippen molar-refractivity contribution in [2.24, 2.45) is 0 Å². The van der Waals surface area contributed by atoms with Crippen molar-refractivity contribution in [2.45, 2.75) is 26.2 Å². The summed E-state index contributed by atoms with van der Waals surface area (Å²) in [4.78, 5) is 9.35. The molecule has 0 N–H and O–H groups in total. The minimum Gasteiger partial charge on any atom is -0.263 e. The minimum absolute atomic E-state index is 0.326. The zero-order chi connectivity index (χ0) is 8.36. The van der Waals surface area contributed by atoms with Crippen molar-refractivity contribution in [1.29, 1.82) is 0 Å². The fourth-order valence-corrected chi connectivity index (χ4v) is 0.450. The Balaban J connectivity index is 4.21. The maximum Gasteiger partial charge on any atom is 0.487 e. The number of alkyl halides is 3. The first-order chi connectivity index (χ1) is 4.39. The van der Waals surface area contributed by atoms with Crippen molar-refractivity contribution in [3.63, 3.8) is 0 Å². The van der Waals surface area contributed by atoms with Crippen molar-refractivity contribution in [2.75, 3.05) is 0 Å². The van der Waals surface area contributed by atoms with E-state index in [2.05, 4.69) is 0 Å². The topological polar surface area (TPSA) is 20.3 Å². The molecule has 0 saturated carbocycles. The largest absolute Gasteiger partial charge is 0.487 e. The molecule has 0 aromatic rings. The lowest BCUT2D eigenvalue weighted by atomic mass is 10.4. The summed E-state index contributed by atoms with van der Waals surface area (Å²) < 4.78 is 34.9. The van der Waals surface area contributed by atoms with Crippen LogP contribution in [-0.4, -0.2) is 23.7 Å². The van der Waals surface area contributed by atoms with E-state index in [1.54, 1.807) is 0 Å². The summed E-state index contributed by atoms with van der Waals surface area (Å²) >= 11 is 0. The Morgan fingerprint density at radius 2 is 1.80 bits per heavy atom. The normalized spacial score (nSPS) is 11.8. The van der Waals surface area contributed by atoms with Gasteiger partial charge < -0.3 is 0 Å². The Kier molecular flexibility index (Phi) is 2.68. The van der Waals surface area contributed by atoms with E-state index in [1.807, 2.05) is 0 Å². The third-order valence-electron chi connectivity index (χ3n) is 0.888. The molecule has 0 spiro atoms. The van der Waals surface area contributed by atoms with Crippen LogP contribution >= 0.6 is 0 Å². The van der Waals surface area contributed by atoms with Crippen molar-refractivity contribution < 1.29 is 18.0 Å². The molecule has 5 heteroatoms. The number of nitrogens with zero attached hydrogens (tertiary/aromatic N) is 1. The predicted molar refractivity (Wildman–Crippen MR) is 28.7 cm³/mol. The first-order valence-electron chi connectivity index (χ1n) is 2.63. The van der Waals surface area contributed by atoms with Crippen LogP contribution in [0.15, 0.2) is 0 Å². The molecule has 0 rings (SSSR count). The van der Waals surface area contributed by atoms with Crippen LogP contribution in [0.25, 0.3) is 0 Å². The predicted octanol–water partition coefficient (Wildman–Crippen LogP) is 1.28. The van der Waals surface area contributed by atoms with Gasteiger partial charge in [-0.15, -0.1) is 13.2 Å². The number of rotatable bonds is 2. The number of halogens is 3. The van der Waals surface area contributed by atoms with Crippen LogP contribution in [0.3, 0.4) is 0 Å². The van der Waals surface area contributed by atoms with Crippen LogP contribution in [0.5, 0.6) is 0 Å². The Labute approximate surface area is 56.6 Å². The van der Waals surface area contributed by atoms with Gasteiger partial charge in [0, 0.05) is 6.04 Å². The van der Waals surface area contributed by atoms with Crippen LogP contribution in [0.1, 0.15) is 13.8 Å². The Hall–Kier alpha value is -0.740. The lowest BCUT2D eigenvalue weighted by Crippen LogP contribution is -2.41. The van der Waals surface area contributed by atoms with Crippen molar-refractivity contribution in [1.82, 2.24) is 4.90 Å². The molecule has 10 heavy (non-hydrogen) atoms. The first-order valence-corrected chi connectivity index (χ1v) is 2.63. The molecule has 0 aromatic carbocycles. The van der Waals surface area contributed by atoms with Gasteiger partial charge in [0.1, 0.15) is 0 Å². The monoisotopic (exact) mass is 154 g/mol. The van der Waals surface area contributed by atoms with Gasteiger partial charge in [-0.2, -0.15) is 0 Å². The molecule has 0 saturated heterocycles. The van der Waals surface area contributed by atoms with Crippen molar-refractivity contribution >= 4 is 6.41 Å². The summed E-state index contributed by atoms with van der Waals surface area (Å²) in [5, 5.41) is 0. The summed E-state index contributed by atoms with van der Waals surface area (Å²) in [5.74, 6) is 0. The molecule has 0 aliphatic carbocycles. The summed E-state index contributed by atoms with van der Waals surface area (Å²) in [6, 6.07) is -0.891. The van der Waals surface area contributed by atoms with E-state index in [-0.39, 0.29) is 4.90 Å². The maximum absolute atomic E-state index is 11.6. The van der Waals surface area contributed by atoms with E-state index in [9.17, 15) is 18.0 Å². The molecule has 0 bridgehead atoms. The molecule has 0 heterocycles. The fourth-order valence-electron chi connectivity index (χ4n) is 0.450. The maximum atomic E-state index is 11.6. The SMILES string of the molecule is CC(C)N([C]=O)C(F)(F)F. The Bertz CT molecular complexity index is 121. The van der Waals surface area contributed by atoms with Crippen molar-refractivity contribution in [3.05, 3.63) is 0 Å². The van der Waals surface area contributed by atoms with Gasteiger partial charge in [0.15, 0.2) is 0 Å². The highest BCUT2D eigenvalue weighted by molar-refractivity contribution is 5.49. The van der Waals surface area contributed by atoms with Gasteiger partial charge in [0.05, 0.1) is 0 Å². The lowest BCUT2D eigenvalue weighted by Gasteiger charge is -2.22. The van der Waals surface area contributed by atoms with Crippen LogP contribution in [0.2, 0.25) is 0 Å². The molecule has 0 unspecified atom stereocenters. The highest BCUT2D eigenvalue weighted by Gasteiger charge is 2.38. The second-order valence-corrected chi connectivity index (χ2v) is 2.02. The number of hydrogen-bond acceptors (Lipinski definition) is 1. The highest BCUT2D eigenvalue weighted by atomic mass is 19.4. The first kappa shape index (κ1) is 9.26. The van der Waals surface area contributed by atoms with E-state index in [0.717, 1.165) is 6.41 Å². The average Bonchev–Trinajstić information content (AvgIpc) is 1.60. The molecule has 0 aliphatic heterocycles. The van der Waals surface area contributed by atoms with Crippen LogP contribution < -0.4 is 0 Å². The van der Waals surface area contributed by atoms with Crippen molar-refractivity contribution in [3.8, 4) is 0 Å². The van der Waals surface area contributed by atoms with Crippen LogP contribution in [0.4, 0.5) is 13.2 Å². The second-order valence-electron chi connectivity index (χ2n) is 2.02. The lowest BCUT2D eigenvalue weighted by molar-refractivity contribution is -0.226. The van der Waals surface area contributed by atoms with Crippen LogP contribution in [0, 0.1) is 0 Å². The molecule has 0 fully saturated rings. The summed E-state index contributed by atoms with van der Waals surface area (Å²) in [5.41, 5.74) is 0. The summed E-state index contributed by atoms with van der Waals surface area (Å²) in [7, 11) is 0. The van der Waals surface area contributed by atoms with Gasteiger partial charge >= 0.3 is 12.7 Å². The zero-order valence-corrected chi connectivity index (χ0v) is 5.57. The number of amides is 1. The third kappa shape index (κ3) is 2.24. The molecule has 1 amide bonds. The zero-order valence-electron chi connectivity index (χ0n) is 5.57. The standard InChI is InChI=1S/C5H7F3NO/c1-4(2)9(3-10)5(6,7)8/h4H,1-2H3. The fraction of sp³-hybridized carbons (Fsp3) is 0.800. The van der Waals surface area contributed by atoms with E-state index >= 15 is 0 Å². The minimum atomic E-state index is -4.60. The highest BCUT2D eigenvalue weighted by Crippen LogP contribution is 2.21. The van der Waals surface area contributed by atoms with Gasteiger partial charge in [0.25, 0.3) is 0 Å². The number of hydrogen-bond donors (Lipinski definition) is 0. The van der Waals surface area contributed by atoms with E-state index < -0.39 is 12.3 Å². The molecule has 0 aromatic heterocycles. The molecule has 0 atom stereocenters. The molecule has 0 aliphatic rings. The van der Waals surface area contributed by atoms with E-state index in [4.69, 9.17) is 0 Å². The van der Waals surface area contributed by atoms with E-state index in [0.29, 0.717) is 0 Å². The smallest absolute Gasteiger partial charge is 0.263 e. The summed E-state index contributed by atoms with van der Waals surface area (Å²) in [6.45, 7) is 2.52. The third-order valence-corrected chi connectivity index (χ3v) is 0.888. The Morgan fingerprint density at radius 1 is 1.40 bits per heavy atom. The van der Waals surface area contributed by atoms with Gasteiger partial charge in [-0.3, -0.25) is 4.79 Å². The average molecular weight is 154 g/mol. The molecule has 59 valence electrons. The molecular weight excluding hydrogens is 147 g/mol. The van der Waals surface area contributed by atoms with E-state index in [1.165, 1.54) is 13.8 Å². The molecular formula is C5H7F3NO. The Morgan fingerprint density at radius 3 is 1.80 bits per heavy atom. The second kappa shape index (κ2) is 2.90. The van der Waals surface area contributed by atoms with Gasteiger partial charge in [-0.25, -0.2) is 4.90 Å². The van der Waals surface area contributed by atoms with Crippen LogP contribution in [-0.2, 0) is 4.79 Å². The van der Waals surface area contributed by atoms with Gasteiger partial charge in [0.2, 0.25) is 0 Å². The molecule has 1 radical (unpaired) electrons. The number of carbonyl (C=O) groups excluding carboxylic acids is 1.